The molecule has 0 bridgehead atoms. The Morgan fingerprint density at radius 3 is 2.24 bits per heavy atom. The summed E-state index contributed by atoms with van der Waals surface area (Å²) in [5.74, 6) is 0.804. The molecule has 0 radical (unpaired) electrons. The second-order valence-corrected chi connectivity index (χ2v) is 6.76. The van der Waals surface area contributed by atoms with Crippen molar-refractivity contribution in [2.24, 2.45) is 5.92 Å². The van der Waals surface area contributed by atoms with E-state index in [9.17, 15) is 0 Å². The largest absolute Gasteiger partial charge is 0.308 e. The maximum Gasteiger partial charge on any atom is 0.0304 e. The summed E-state index contributed by atoms with van der Waals surface area (Å²) in [6, 6.07) is 0. The Hall–Kier alpha value is -0.0800. The van der Waals surface area contributed by atoms with Gasteiger partial charge in [-0.05, 0) is 45.6 Å². The predicted molar refractivity (Wildman–Crippen MR) is 76.4 cm³/mol. The summed E-state index contributed by atoms with van der Waals surface area (Å²) >= 11 is 0. The molecule has 1 aliphatic heterocycles. The van der Waals surface area contributed by atoms with Gasteiger partial charge in [-0.25, -0.2) is 0 Å². The molecule has 0 atom stereocenters. The molecule has 0 amide bonds. The average molecular weight is 240 g/mol. The van der Waals surface area contributed by atoms with E-state index in [2.05, 4.69) is 51.8 Å². The highest BCUT2D eigenvalue weighted by Crippen LogP contribution is 2.28. The van der Waals surface area contributed by atoms with Crippen LogP contribution >= 0.6 is 0 Å². The summed E-state index contributed by atoms with van der Waals surface area (Å²) in [6.45, 7) is 17.6. The zero-order chi connectivity index (χ0) is 13.1. The van der Waals surface area contributed by atoms with Gasteiger partial charge in [0.05, 0.1) is 0 Å². The SMILES string of the molecule is CCC1(CC)CN(CCC(C)C)C(C)(C)CN1. The fourth-order valence-corrected chi connectivity index (χ4v) is 2.67. The lowest BCUT2D eigenvalue weighted by Crippen LogP contribution is -2.67. The molecule has 0 aromatic carbocycles. The molecule has 0 unspecified atom stereocenters. The van der Waals surface area contributed by atoms with Crippen molar-refractivity contribution < 1.29 is 0 Å². The van der Waals surface area contributed by atoms with Gasteiger partial charge in [-0.15, -0.1) is 0 Å². The van der Waals surface area contributed by atoms with Crippen LogP contribution in [0.25, 0.3) is 0 Å². The van der Waals surface area contributed by atoms with E-state index in [1.54, 1.807) is 0 Å². The van der Waals surface area contributed by atoms with Gasteiger partial charge in [0.1, 0.15) is 0 Å². The maximum absolute atomic E-state index is 3.80. The Kier molecular flexibility index (Phi) is 5.03. The van der Waals surface area contributed by atoms with E-state index in [1.807, 2.05) is 0 Å². The molecule has 0 aromatic heterocycles. The van der Waals surface area contributed by atoms with Crippen molar-refractivity contribution in [1.29, 1.82) is 0 Å². The van der Waals surface area contributed by atoms with Crippen LogP contribution in [0.2, 0.25) is 0 Å². The minimum atomic E-state index is 0.308. The fourth-order valence-electron chi connectivity index (χ4n) is 2.67. The second kappa shape index (κ2) is 5.71. The summed E-state index contributed by atoms with van der Waals surface area (Å²) in [5, 5.41) is 3.80. The molecule has 2 nitrogen and oxygen atoms in total. The molecule has 0 saturated carbocycles. The van der Waals surface area contributed by atoms with E-state index in [-0.39, 0.29) is 0 Å². The van der Waals surface area contributed by atoms with E-state index >= 15 is 0 Å². The van der Waals surface area contributed by atoms with Gasteiger partial charge >= 0.3 is 0 Å². The number of nitrogens with one attached hydrogen (secondary N) is 1. The monoisotopic (exact) mass is 240 g/mol. The molecule has 1 aliphatic rings. The molecule has 1 rings (SSSR count). The lowest BCUT2D eigenvalue weighted by Gasteiger charge is -2.52. The first kappa shape index (κ1) is 15.0. The number of rotatable bonds is 5. The molecule has 102 valence electrons. The molecule has 1 N–H and O–H groups in total. The number of hydrogen-bond acceptors (Lipinski definition) is 2. The fraction of sp³-hybridized carbons (Fsp3) is 1.00. The number of hydrogen-bond donors (Lipinski definition) is 1. The third-order valence-electron chi connectivity index (χ3n) is 4.58. The van der Waals surface area contributed by atoms with Gasteiger partial charge in [0.2, 0.25) is 0 Å². The van der Waals surface area contributed by atoms with Crippen LogP contribution in [-0.2, 0) is 0 Å². The Balaban J connectivity index is 2.68. The van der Waals surface area contributed by atoms with Gasteiger partial charge in [-0.2, -0.15) is 0 Å². The van der Waals surface area contributed by atoms with Gasteiger partial charge in [0, 0.05) is 24.2 Å². The van der Waals surface area contributed by atoms with Crippen LogP contribution in [0.4, 0.5) is 0 Å². The third kappa shape index (κ3) is 3.69. The topological polar surface area (TPSA) is 15.3 Å². The summed E-state index contributed by atoms with van der Waals surface area (Å²) in [7, 11) is 0. The van der Waals surface area contributed by atoms with Crippen molar-refractivity contribution in [2.75, 3.05) is 19.6 Å². The summed E-state index contributed by atoms with van der Waals surface area (Å²) in [5.41, 5.74) is 0.662. The standard InChI is InChI=1S/C15H32N2/c1-7-15(8-2)12-17(10-9-13(3)4)14(5,6)11-16-15/h13,16H,7-12H2,1-6H3. The zero-order valence-electron chi connectivity index (χ0n) is 12.8. The molecule has 1 heterocycles. The molecule has 1 saturated heterocycles. The minimum Gasteiger partial charge on any atom is -0.308 e. The summed E-state index contributed by atoms with van der Waals surface area (Å²) in [4.78, 5) is 2.70. The third-order valence-corrected chi connectivity index (χ3v) is 4.58. The highest BCUT2D eigenvalue weighted by Gasteiger charge is 2.40. The van der Waals surface area contributed by atoms with Crippen LogP contribution in [-0.4, -0.2) is 35.6 Å². The average Bonchev–Trinajstić information content (AvgIpc) is 2.28. The first-order chi connectivity index (χ1) is 7.85. The van der Waals surface area contributed by atoms with Crippen LogP contribution in [0.1, 0.15) is 60.8 Å². The van der Waals surface area contributed by atoms with Crippen molar-refractivity contribution >= 4 is 0 Å². The van der Waals surface area contributed by atoms with Gasteiger partial charge in [-0.3, -0.25) is 4.90 Å². The van der Waals surface area contributed by atoms with Crippen molar-refractivity contribution in [3.05, 3.63) is 0 Å². The van der Waals surface area contributed by atoms with Crippen LogP contribution in [0.3, 0.4) is 0 Å². The van der Waals surface area contributed by atoms with Crippen molar-refractivity contribution in [1.82, 2.24) is 10.2 Å². The first-order valence-corrected chi connectivity index (χ1v) is 7.35. The lowest BCUT2D eigenvalue weighted by atomic mass is 9.84. The Morgan fingerprint density at radius 1 is 1.18 bits per heavy atom. The van der Waals surface area contributed by atoms with E-state index in [4.69, 9.17) is 0 Å². The van der Waals surface area contributed by atoms with E-state index in [1.165, 1.54) is 32.4 Å². The highest BCUT2D eigenvalue weighted by molar-refractivity contribution is 5.00. The molecule has 17 heavy (non-hydrogen) atoms. The second-order valence-electron chi connectivity index (χ2n) is 6.76. The van der Waals surface area contributed by atoms with E-state index in [0.717, 1.165) is 12.5 Å². The Labute approximate surface area is 108 Å². The Morgan fingerprint density at radius 2 is 1.76 bits per heavy atom. The van der Waals surface area contributed by atoms with Crippen LogP contribution in [0, 0.1) is 5.92 Å². The van der Waals surface area contributed by atoms with Crippen LogP contribution in [0.15, 0.2) is 0 Å². The number of piperazine rings is 1. The van der Waals surface area contributed by atoms with Gasteiger partial charge < -0.3 is 5.32 Å². The van der Waals surface area contributed by atoms with Gasteiger partial charge in [0.25, 0.3) is 0 Å². The molecule has 0 aromatic rings. The maximum atomic E-state index is 3.80. The molecular formula is C15H32N2. The van der Waals surface area contributed by atoms with Crippen molar-refractivity contribution in [2.45, 2.75) is 71.9 Å². The molecule has 2 heteroatoms. The quantitative estimate of drug-likeness (QED) is 0.793. The highest BCUT2D eigenvalue weighted by atomic mass is 15.3. The zero-order valence-corrected chi connectivity index (χ0v) is 12.8. The van der Waals surface area contributed by atoms with E-state index < -0.39 is 0 Å². The normalized spacial score (nSPS) is 24.2. The van der Waals surface area contributed by atoms with Gasteiger partial charge in [-0.1, -0.05) is 27.7 Å². The lowest BCUT2D eigenvalue weighted by molar-refractivity contribution is 0.0196. The van der Waals surface area contributed by atoms with E-state index in [0.29, 0.717) is 11.1 Å². The summed E-state index contributed by atoms with van der Waals surface area (Å²) in [6.07, 6.45) is 3.78. The van der Waals surface area contributed by atoms with Crippen LogP contribution in [0.5, 0.6) is 0 Å². The first-order valence-electron chi connectivity index (χ1n) is 7.35. The van der Waals surface area contributed by atoms with Gasteiger partial charge in [0.15, 0.2) is 0 Å². The minimum absolute atomic E-state index is 0.308. The molecular weight excluding hydrogens is 208 g/mol. The smallest absolute Gasteiger partial charge is 0.0304 e. The summed E-state index contributed by atoms with van der Waals surface area (Å²) < 4.78 is 0. The van der Waals surface area contributed by atoms with Crippen molar-refractivity contribution in [3.63, 3.8) is 0 Å². The molecule has 0 aliphatic carbocycles. The Bertz CT molecular complexity index is 229. The van der Waals surface area contributed by atoms with Crippen LogP contribution < -0.4 is 5.32 Å². The molecule has 0 spiro atoms. The van der Waals surface area contributed by atoms with Crippen molar-refractivity contribution in [3.8, 4) is 0 Å². The predicted octanol–water partition coefficient (Wildman–Crippen LogP) is 3.28. The number of nitrogens with zero attached hydrogens (tertiary/aromatic N) is 1. The molecule has 1 fully saturated rings.